The lowest BCUT2D eigenvalue weighted by Gasteiger charge is -2.39. The Morgan fingerprint density at radius 1 is 0.960 bits per heavy atom. The van der Waals surface area contributed by atoms with Crippen LogP contribution in [-0.2, 0) is 0 Å². The first kappa shape index (κ1) is 17.0. The van der Waals surface area contributed by atoms with Crippen molar-refractivity contribution in [2.75, 3.05) is 39.8 Å². The van der Waals surface area contributed by atoms with Gasteiger partial charge in [0.25, 0.3) is 0 Å². The van der Waals surface area contributed by atoms with Gasteiger partial charge in [0.1, 0.15) is 0 Å². The van der Waals surface area contributed by atoms with E-state index in [4.69, 9.17) is 0 Å². The van der Waals surface area contributed by atoms with Gasteiger partial charge >= 0.3 is 0 Å². The number of fused-ring (bicyclic) bond motifs is 1. The molecule has 2 aliphatic rings. The zero-order valence-corrected chi connectivity index (χ0v) is 15.3. The number of aliphatic hydroxyl groups excluding tert-OH is 1. The minimum atomic E-state index is -0.249. The zero-order valence-electron chi connectivity index (χ0n) is 15.3. The third-order valence-corrected chi connectivity index (χ3v) is 6.22. The summed E-state index contributed by atoms with van der Waals surface area (Å²) in [5.74, 6) is 1.08. The highest BCUT2D eigenvalue weighted by atomic mass is 16.3. The summed E-state index contributed by atoms with van der Waals surface area (Å²) in [5.41, 5.74) is 1.30. The van der Waals surface area contributed by atoms with Crippen LogP contribution in [0, 0.1) is 5.92 Å². The summed E-state index contributed by atoms with van der Waals surface area (Å²) >= 11 is 0. The number of piperidine rings is 2. The van der Waals surface area contributed by atoms with Gasteiger partial charge in [-0.05, 0) is 68.2 Å². The van der Waals surface area contributed by atoms with Crippen LogP contribution in [0.1, 0.15) is 30.7 Å². The Morgan fingerprint density at radius 3 is 2.48 bits per heavy atom. The van der Waals surface area contributed by atoms with Crippen molar-refractivity contribution in [2.24, 2.45) is 5.92 Å². The van der Waals surface area contributed by atoms with Crippen molar-refractivity contribution in [1.29, 1.82) is 0 Å². The van der Waals surface area contributed by atoms with Gasteiger partial charge in [-0.3, -0.25) is 0 Å². The Hall–Kier alpha value is -1.42. The van der Waals surface area contributed by atoms with E-state index in [1.807, 2.05) is 0 Å². The molecule has 0 aromatic heterocycles. The summed E-state index contributed by atoms with van der Waals surface area (Å²) in [6.07, 6.45) is 3.42. The lowest BCUT2D eigenvalue weighted by molar-refractivity contribution is 0.0379. The maximum absolute atomic E-state index is 10.8. The van der Waals surface area contributed by atoms with E-state index >= 15 is 0 Å². The molecule has 0 amide bonds. The Balaban J connectivity index is 1.39. The summed E-state index contributed by atoms with van der Waals surface area (Å²) in [5, 5.41) is 13.3. The van der Waals surface area contributed by atoms with E-state index in [1.165, 1.54) is 42.3 Å². The van der Waals surface area contributed by atoms with E-state index in [0.29, 0.717) is 0 Å². The van der Waals surface area contributed by atoms with Gasteiger partial charge in [-0.25, -0.2) is 0 Å². The SMILES string of the molecule is CN1CCC(CN2CC[C@@H](c3ccc4ccccc4c3)[C@H](O)C2)CC1. The second kappa shape index (κ2) is 7.45. The van der Waals surface area contributed by atoms with Crippen LogP contribution in [0.2, 0.25) is 0 Å². The highest BCUT2D eigenvalue weighted by Crippen LogP contribution is 2.31. The average molecular weight is 338 g/mol. The summed E-state index contributed by atoms with van der Waals surface area (Å²) in [6.45, 7) is 5.54. The average Bonchev–Trinajstić information content (AvgIpc) is 2.63. The van der Waals surface area contributed by atoms with Crippen molar-refractivity contribution in [1.82, 2.24) is 9.80 Å². The zero-order chi connectivity index (χ0) is 17.2. The van der Waals surface area contributed by atoms with Crippen LogP contribution in [0.3, 0.4) is 0 Å². The van der Waals surface area contributed by atoms with Crippen LogP contribution in [-0.4, -0.2) is 60.8 Å². The molecule has 0 spiro atoms. The molecule has 134 valence electrons. The van der Waals surface area contributed by atoms with Crippen LogP contribution in [0.4, 0.5) is 0 Å². The predicted octanol–water partition coefficient (Wildman–Crippen LogP) is 3.33. The van der Waals surface area contributed by atoms with Gasteiger partial charge < -0.3 is 14.9 Å². The smallest absolute Gasteiger partial charge is 0.0735 e. The first-order chi connectivity index (χ1) is 12.2. The van der Waals surface area contributed by atoms with Gasteiger partial charge in [0.05, 0.1) is 6.10 Å². The molecule has 0 radical (unpaired) electrons. The molecule has 2 saturated heterocycles. The van der Waals surface area contributed by atoms with Crippen LogP contribution in [0.15, 0.2) is 42.5 Å². The summed E-state index contributed by atoms with van der Waals surface area (Å²) in [4.78, 5) is 4.93. The Bertz CT molecular complexity index is 708. The molecule has 0 aliphatic carbocycles. The van der Waals surface area contributed by atoms with Gasteiger partial charge in [0.2, 0.25) is 0 Å². The quantitative estimate of drug-likeness (QED) is 0.930. The van der Waals surface area contributed by atoms with Crippen LogP contribution in [0.25, 0.3) is 10.8 Å². The number of rotatable bonds is 3. The molecule has 2 aliphatic heterocycles. The van der Waals surface area contributed by atoms with E-state index in [2.05, 4.69) is 59.3 Å². The van der Waals surface area contributed by atoms with E-state index in [0.717, 1.165) is 32.0 Å². The summed E-state index contributed by atoms with van der Waals surface area (Å²) in [7, 11) is 2.22. The third-order valence-electron chi connectivity index (χ3n) is 6.22. The number of aliphatic hydroxyl groups is 1. The van der Waals surface area contributed by atoms with Crippen molar-refractivity contribution < 1.29 is 5.11 Å². The molecule has 3 heteroatoms. The number of likely N-dealkylation sites (tertiary alicyclic amines) is 2. The molecule has 2 atom stereocenters. The molecule has 0 bridgehead atoms. The molecule has 2 aromatic carbocycles. The van der Waals surface area contributed by atoms with Crippen molar-refractivity contribution >= 4 is 10.8 Å². The molecule has 3 nitrogen and oxygen atoms in total. The van der Waals surface area contributed by atoms with Gasteiger partial charge in [0.15, 0.2) is 0 Å². The number of nitrogens with zero attached hydrogens (tertiary/aromatic N) is 2. The summed E-state index contributed by atoms with van der Waals surface area (Å²) in [6, 6.07) is 15.2. The van der Waals surface area contributed by atoms with Crippen LogP contribution < -0.4 is 0 Å². The van der Waals surface area contributed by atoms with E-state index < -0.39 is 0 Å². The van der Waals surface area contributed by atoms with Gasteiger partial charge in [0, 0.05) is 19.0 Å². The second-order valence-electron chi connectivity index (χ2n) is 8.08. The topological polar surface area (TPSA) is 26.7 Å². The van der Waals surface area contributed by atoms with Crippen LogP contribution >= 0.6 is 0 Å². The first-order valence-electron chi connectivity index (χ1n) is 9.77. The van der Waals surface area contributed by atoms with E-state index in [-0.39, 0.29) is 12.0 Å². The number of benzene rings is 2. The molecule has 2 fully saturated rings. The molecule has 0 saturated carbocycles. The molecule has 2 aromatic rings. The summed E-state index contributed by atoms with van der Waals surface area (Å²) < 4.78 is 0. The van der Waals surface area contributed by atoms with E-state index in [9.17, 15) is 5.11 Å². The normalized spacial score (nSPS) is 27.0. The van der Waals surface area contributed by atoms with Crippen molar-refractivity contribution in [3.05, 3.63) is 48.0 Å². The number of hydrogen-bond donors (Lipinski definition) is 1. The van der Waals surface area contributed by atoms with Crippen molar-refractivity contribution in [2.45, 2.75) is 31.3 Å². The second-order valence-corrected chi connectivity index (χ2v) is 8.08. The largest absolute Gasteiger partial charge is 0.391 e. The van der Waals surface area contributed by atoms with Gasteiger partial charge in [-0.15, -0.1) is 0 Å². The molecule has 1 N–H and O–H groups in total. The fraction of sp³-hybridized carbons (Fsp3) is 0.545. The molecule has 25 heavy (non-hydrogen) atoms. The minimum Gasteiger partial charge on any atom is -0.391 e. The Kier molecular flexibility index (Phi) is 5.07. The molecule has 4 rings (SSSR count). The van der Waals surface area contributed by atoms with Crippen molar-refractivity contribution in [3.8, 4) is 0 Å². The fourth-order valence-electron chi connectivity index (χ4n) is 4.60. The van der Waals surface area contributed by atoms with Gasteiger partial charge in [-0.1, -0.05) is 42.5 Å². The van der Waals surface area contributed by atoms with E-state index in [1.54, 1.807) is 0 Å². The van der Waals surface area contributed by atoms with Gasteiger partial charge in [-0.2, -0.15) is 0 Å². The maximum atomic E-state index is 10.8. The first-order valence-corrected chi connectivity index (χ1v) is 9.77. The number of hydrogen-bond acceptors (Lipinski definition) is 3. The third kappa shape index (κ3) is 3.89. The molecule has 2 heterocycles. The predicted molar refractivity (Wildman–Crippen MR) is 104 cm³/mol. The Labute approximate surface area is 151 Å². The number of β-amino-alcohol motifs (C(OH)–C–C–N with tert-alkyl or cyclic N) is 1. The van der Waals surface area contributed by atoms with Crippen molar-refractivity contribution in [3.63, 3.8) is 0 Å². The highest BCUT2D eigenvalue weighted by molar-refractivity contribution is 5.83. The standard InChI is InChI=1S/C22H30N2O/c1-23-11-8-17(9-12-23)15-24-13-10-21(22(25)16-24)20-7-6-18-4-2-3-5-19(18)14-20/h2-7,14,17,21-22,25H,8-13,15-16H2,1H3/t21-,22+/m0/s1. The fourth-order valence-corrected chi connectivity index (χ4v) is 4.60. The molecular formula is C22H30N2O. The molecule has 0 unspecified atom stereocenters. The minimum absolute atomic E-state index is 0.249. The maximum Gasteiger partial charge on any atom is 0.0735 e. The lowest BCUT2D eigenvalue weighted by atomic mass is 9.85. The lowest BCUT2D eigenvalue weighted by Crippen LogP contribution is -2.46. The monoisotopic (exact) mass is 338 g/mol. The highest BCUT2D eigenvalue weighted by Gasteiger charge is 2.30. The molecular weight excluding hydrogens is 308 g/mol. The Morgan fingerprint density at radius 2 is 1.72 bits per heavy atom. The van der Waals surface area contributed by atoms with Crippen LogP contribution in [0.5, 0.6) is 0 Å².